The molecule has 0 atom stereocenters. The van der Waals surface area contributed by atoms with Crippen molar-refractivity contribution in [1.29, 1.82) is 0 Å². The molecule has 2 aromatic rings. The Morgan fingerprint density at radius 1 is 0.889 bits per heavy atom. The van der Waals surface area contributed by atoms with Gasteiger partial charge in [0.05, 0.1) is 0 Å². The van der Waals surface area contributed by atoms with Gasteiger partial charge in [-0.3, -0.25) is 0 Å². The van der Waals surface area contributed by atoms with E-state index in [1.54, 1.807) is 12.1 Å². The van der Waals surface area contributed by atoms with E-state index < -0.39 is 41.1 Å². The number of aryl methyl sites for hydroxylation is 1. The summed E-state index contributed by atoms with van der Waals surface area (Å²) in [6.07, 6.45) is 0.897. The topological polar surface area (TPSA) is 0 Å². The molecule has 0 nitrogen and oxygen atoms in total. The van der Waals surface area contributed by atoms with Crippen LogP contribution in [-0.2, 0) is 6.42 Å². The smallest absolute Gasteiger partial charge is 0.194 e. The highest BCUT2D eigenvalue weighted by Crippen LogP contribution is 2.27. The van der Waals surface area contributed by atoms with Crippen molar-refractivity contribution in [2.75, 3.05) is 0 Å². The van der Waals surface area contributed by atoms with Crippen molar-refractivity contribution < 1.29 is 22.0 Å². The molecular formula is C22H19F5. The molecule has 0 fully saturated rings. The second kappa shape index (κ2) is 8.80. The number of halogens is 5. The molecule has 27 heavy (non-hydrogen) atoms. The van der Waals surface area contributed by atoms with Gasteiger partial charge < -0.3 is 0 Å². The van der Waals surface area contributed by atoms with E-state index in [0.717, 1.165) is 23.8 Å². The summed E-state index contributed by atoms with van der Waals surface area (Å²) < 4.78 is 69.3. The van der Waals surface area contributed by atoms with Crippen molar-refractivity contribution in [1.82, 2.24) is 0 Å². The predicted molar refractivity (Wildman–Crippen MR) is 98.1 cm³/mol. The molecule has 0 saturated carbocycles. The fraction of sp³-hybridized carbons (Fsp3) is 0.182. The molecule has 0 aliphatic carbocycles. The van der Waals surface area contributed by atoms with Crippen molar-refractivity contribution in [3.63, 3.8) is 0 Å². The number of benzene rings is 2. The Morgan fingerprint density at radius 3 is 1.96 bits per heavy atom. The number of hydrogen-bond acceptors (Lipinski definition) is 0. The van der Waals surface area contributed by atoms with Gasteiger partial charge in [-0.15, -0.1) is 0 Å². The second-order valence-electron chi connectivity index (χ2n) is 6.42. The molecule has 0 saturated heterocycles. The van der Waals surface area contributed by atoms with E-state index in [2.05, 4.69) is 0 Å². The summed E-state index contributed by atoms with van der Waals surface area (Å²) in [6.45, 7) is 4.94. The summed E-state index contributed by atoms with van der Waals surface area (Å²) in [7, 11) is 0. The van der Waals surface area contributed by atoms with E-state index in [1.807, 2.05) is 19.1 Å². The lowest BCUT2D eigenvalue weighted by Crippen LogP contribution is -1.96. The van der Waals surface area contributed by atoms with Crippen LogP contribution in [-0.4, -0.2) is 0 Å². The first-order valence-corrected chi connectivity index (χ1v) is 8.30. The summed E-state index contributed by atoms with van der Waals surface area (Å²) in [4.78, 5) is 0. The monoisotopic (exact) mass is 378 g/mol. The summed E-state index contributed by atoms with van der Waals surface area (Å²) in [5.74, 6) is -6.35. The third kappa shape index (κ3) is 5.39. The molecule has 2 rings (SSSR count). The van der Waals surface area contributed by atoms with Gasteiger partial charge in [0.25, 0.3) is 0 Å². The van der Waals surface area contributed by atoms with Crippen LogP contribution in [0.1, 0.15) is 25.0 Å². The third-order valence-corrected chi connectivity index (χ3v) is 3.85. The maximum atomic E-state index is 14.3. The molecule has 0 N–H and O–H groups in total. The normalized spacial score (nSPS) is 12.7. The van der Waals surface area contributed by atoms with E-state index in [9.17, 15) is 22.0 Å². The lowest BCUT2D eigenvalue weighted by atomic mass is 10.0. The van der Waals surface area contributed by atoms with Crippen LogP contribution in [0.3, 0.4) is 0 Å². The van der Waals surface area contributed by atoms with E-state index in [4.69, 9.17) is 0 Å². The van der Waals surface area contributed by atoms with Crippen LogP contribution in [0.25, 0.3) is 11.1 Å². The molecule has 142 valence electrons. The van der Waals surface area contributed by atoms with Gasteiger partial charge in [0.2, 0.25) is 0 Å². The molecule has 2 aromatic carbocycles. The van der Waals surface area contributed by atoms with E-state index >= 15 is 0 Å². The van der Waals surface area contributed by atoms with Crippen LogP contribution < -0.4 is 0 Å². The number of rotatable bonds is 5. The molecule has 0 aliphatic heterocycles. The molecule has 0 heterocycles. The van der Waals surface area contributed by atoms with E-state index in [-0.39, 0.29) is 0 Å². The van der Waals surface area contributed by atoms with Gasteiger partial charge >= 0.3 is 0 Å². The van der Waals surface area contributed by atoms with Gasteiger partial charge in [-0.2, -0.15) is 0 Å². The number of allylic oxidation sites excluding steroid dienone is 6. The van der Waals surface area contributed by atoms with Crippen LogP contribution in [0.15, 0.2) is 71.6 Å². The van der Waals surface area contributed by atoms with Crippen molar-refractivity contribution in [2.45, 2.75) is 27.2 Å². The highest BCUT2D eigenvalue weighted by molar-refractivity contribution is 5.64. The predicted octanol–water partition coefficient (Wildman–Crippen LogP) is 7.45. The Hall–Kier alpha value is -2.69. The van der Waals surface area contributed by atoms with Gasteiger partial charge in [-0.05, 0) is 62.6 Å². The minimum absolute atomic E-state index is 0.332. The fourth-order valence-corrected chi connectivity index (χ4v) is 2.42. The van der Waals surface area contributed by atoms with Crippen molar-refractivity contribution in [3.05, 3.63) is 94.4 Å². The van der Waals surface area contributed by atoms with Gasteiger partial charge in [0, 0.05) is 5.56 Å². The Bertz CT molecular complexity index is 891. The maximum Gasteiger partial charge on any atom is 0.194 e. The minimum atomic E-state index is -1.70. The standard InChI is InChI=1S/C22H19F5/c1-13(2)10-21(26)22(27)18(23)9-8-17-19(24)11-16(12-20(17)25)15-6-4-14(3)5-7-15/h4-7,9-12H,8H2,1-3H3/b18-9+,22-21-. The zero-order chi connectivity index (χ0) is 20.1. The van der Waals surface area contributed by atoms with Crippen LogP contribution in [0.4, 0.5) is 22.0 Å². The van der Waals surface area contributed by atoms with Crippen molar-refractivity contribution >= 4 is 0 Å². The molecule has 0 amide bonds. The molecule has 0 aromatic heterocycles. The summed E-state index contributed by atoms with van der Waals surface area (Å²) >= 11 is 0. The van der Waals surface area contributed by atoms with Gasteiger partial charge in [0.1, 0.15) is 11.6 Å². The third-order valence-electron chi connectivity index (χ3n) is 3.85. The van der Waals surface area contributed by atoms with Crippen LogP contribution in [0.2, 0.25) is 0 Å². The summed E-state index contributed by atoms with van der Waals surface area (Å²) in [6, 6.07) is 9.35. The summed E-state index contributed by atoms with van der Waals surface area (Å²) in [5, 5.41) is 0. The number of hydrogen-bond donors (Lipinski definition) is 0. The zero-order valence-corrected chi connectivity index (χ0v) is 15.2. The van der Waals surface area contributed by atoms with Crippen LogP contribution >= 0.6 is 0 Å². The first-order chi connectivity index (χ1) is 12.7. The molecular weight excluding hydrogens is 359 g/mol. The molecule has 0 bridgehead atoms. The Labute approximate surface area is 155 Å². The lowest BCUT2D eigenvalue weighted by molar-refractivity contribution is 0.500. The first-order valence-electron chi connectivity index (χ1n) is 8.30. The highest BCUT2D eigenvalue weighted by Gasteiger charge is 2.14. The Morgan fingerprint density at radius 2 is 1.44 bits per heavy atom. The van der Waals surface area contributed by atoms with Crippen LogP contribution in [0, 0.1) is 18.6 Å². The molecule has 5 heteroatoms. The quantitative estimate of drug-likeness (QED) is 0.374. The maximum absolute atomic E-state index is 14.3. The van der Waals surface area contributed by atoms with Gasteiger partial charge in [0.15, 0.2) is 17.5 Å². The largest absolute Gasteiger partial charge is 0.207 e. The fourth-order valence-electron chi connectivity index (χ4n) is 2.42. The zero-order valence-electron chi connectivity index (χ0n) is 15.2. The molecule has 0 unspecified atom stereocenters. The van der Waals surface area contributed by atoms with Gasteiger partial charge in [-0.1, -0.05) is 35.4 Å². The second-order valence-corrected chi connectivity index (χ2v) is 6.42. The van der Waals surface area contributed by atoms with Crippen LogP contribution in [0.5, 0.6) is 0 Å². The molecule has 0 aliphatic rings. The minimum Gasteiger partial charge on any atom is -0.207 e. The lowest BCUT2D eigenvalue weighted by Gasteiger charge is -2.08. The SMILES string of the molecule is CC(C)=C/C(F)=C(F)\C(F)=C/Cc1c(F)cc(-c2ccc(C)cc2)cc1F. The average Bonchev–Trinajstić information content (AvgIpc) is 2.60. The van der Waals surface area contributed by atoms with Crippen molar-refractivity contribution in [2.24, 2.45) is 0 Å². The Kier molecular flexibility index (Phi) is 6.72. The van der Waals surface area contributed by atoms with Gasteiger partial charge in [-0.25, -0.2) is 22.0 Å². The first kappa shape index (κ1) is 20.6. The van der Waals surface area contributed by atoms with Crippen molar-refractivity contribution in [3.8, 4) is 11.1 Å². The molecule has 0 radical (unpaired) electrons. The Balaban J connectivity index is 2.30. The average molecular weight is 378 g/mol. The van der Waals surface area contributed by atoms with E-state index in [1.165, 1.54) is 13.8 Å². The molecule has 0 spiro atoms. The summed E-state index contributed by atoms with van der Waals surface area (Å²) in [5.41, 5.74) is 1.99. The highest BCUT2D eigenvalue weighted by atomic mass is 19.2. The van der Waals surface area contributed by atoms with E-state index in [0.29, 0.717) is 22.8 Å².